The molecule has 0 aliphatic carbocycles. The van der Waals surface area contributed by atoms with Crippen LogP contribution in [0.5, 0.6) is 0 Å². The van der Waals surface area contributed by atoms with E-state index in [-0.39, 0.29) is 12.6 Å². The molecule has 0 heterocycles. The van der Waals surface area contributed by atoms with Crippen LogP contribution in [-0.2, 0) is 9.53 Å². The van der Waals surface area contributed by atoms with E-state index in [0.717, 1.165) is 12.1 Å². The molecule has 0 amide bonds. The first kappa shape index (κ1) is 13.6. The Bertz CT molecular complexity index is 396. The number of halogens is 2. The molecule has 0 aromatic heterocycles. The highest BCUT2D eigenvalue weighted by atomic mass is 19.2. The first-order valence-electron chi connectivity index (χ1n) is 5.33. The largest absolute Gasteiger partial charge is 0.468 e. The number of hydrogen-bond acceptors (Lipinski definition) is 3. The van der Waals surface area contributed by atoms with Crippen LogP contribution in [-0.4, -0.2) is 19.6 Å². The minimum atomic E-state index is -0.888. The van der Waals surface area contributed by atoms with E-state index in [4.69, 9.17) is 0 Å². The summed E-state index contributed by atoms with van der Waals surface area (Å²) in [6.45, 7) is 1.92. The molecule has 94 valence electrons. The molecule has 17 heavy (non-hydrogen) atoms. The molecule has 0 fully saturated rings. The summed E-state index contributed by atoms with van der Waals surface area (Å²) in [7, 11) is 1.29. The van der Waals surface area contributed by atoms with Crippen LogP contribution >= 0.6 is 0 Å². The van der Waals surface area contributed by atoms with E-state index < -0.39 is 17.6 Å². The molecular weight excluding hydrogens is 228 g/mol. The molecule has 1 atom stereocenters. The summed E-state index contributed by atoms with van der Waals surface area (Å²) >= 11 is 0. The van der Waals surface area contributed by atoms with E-state index in [2.05, 4.69) is 10.1 Å². The summed E-state index contributed by atoms with van der Waals surface area (Å²) < 4.78 is 30.3. The number of carbonyl (C=O) groups is 1. The van der Waals surface area contributed by atoms with Crippen LogP contribution in [0.3, 0.4) is 0 Å². The summed E-state index contributed by atoms with van der Waals surface area (Å²) in [6.07, 6.45) is 0.655. The van der Waals surface area contributed by atoms with Gasteiger partial charge in [-0.2, -0.15) is 0 Å². The Kier molecular flexibility index (Phi) is 5.03. The smallest absolute Gasteiger partial charge is 0.319 e. The number of methoxy groups -OCH3 is 1. The number of hydrogen-bond donors (Lipinski definition) is 1. The topological polar surface area (TPSA) is 38.3 Å². The van der Waals surface area contributed by atoms with Gasteiger partial charge in [0.2, 0.25) is 0 Å². The molecule has 0 aliphatic rings. The van der Waals surface area contributed by atoms with Crippen molar-refractivity contribution in [2.24, 2.45) is 0 Å². The average Bonchev–Trinajstić information content (AvgIpc) is 2.33. The van der Waals surface area contributed by atoms with Gasteiger partial charge in [0, 0.05) is 6.04 Å². The summed E-state index contributed by atoms with van der Waals surface area (Å²) in [6, 6.07) is 3.50. The van der Waals surface area contributed by atoms with Gasteiger partial charge in [-0.05, 0) is 24.1 Å². The maximum Gasteiger partial charge on any atom is 0.319 e. The van der Waals surface area contributed by atoms with E-state index in [0.29, 0.717) is 12.0 Å². The maximum atomic E-state index is 13.0. The molecule has 0 radical (unpaired) electrons. The van der Waals surface area contributed by atoms with Crippen molar-refractivity contribution in [2.75, 3.05) is 13.7 Å². The summed E-state index contributed by atoms with van der Waals surface area (Å²) in [5.41, 5.74) is 0.607. The Hall–Kier alpha value is -1.49. The van der Waals surface area contributed by atoms with Crippen LogP contribution in [0.15, 0.2) is 18.2 Å². The van der Waals surface area contributed by atoms with Gasteiger partial charge >= 0.3 is 5.97 Å². The Labute approximate surface area is 98.8 Å². The van der Waals surface area contributed by atoms with Gasteiger partial charge < -0.3 is 10.1 Å². The molecule has 1 aromatic carbocycles. The number of rotatable bonds is 5. The minimum absolute atomic E-state index is 0.0357. The van der Waals surface area contributed by atoms with Crippen molar-refractivity contribution in [3.63, 3.8) is 0 Å². The second-order valence-electron chi connectivity index (χ2n) is 3.59. The zero-order valence-corrected chi connectivity index (χ0v) is 9.80. The van der Waals surface area contributed by atoms with Gasteiger partial charge in [-0.3, -0.25) is 4.79 Å². The van der Waals surface area contributed by atoms with Gasteiger partial charge in [-0.1, -0.05) is 13.0 Å². The highest BCUT2D eigenvalue weighted by molar-refractivity contribution is 5.71. The monoisotopic (exact) mass is 243 g/mol. The number of ether oxygens (including phenoxy) is 1. The van der Waals surface area contributed by atoms with Crippen molar-refractivity contribution in [3.8, 4) is 0 Å². The maximum absolute atomic E-state index is 13.0. The molecule has 0 saturated heterocycles. The molecule has 0 spiro atoms. The zero-order valence-electron chi connectivity index (χ0n) is 9.80. The first-order chi connectivity index (χ1) is 8.08. The van der Waals surface area contributed by atoms with E-state index in [9.17, 15) is 13.6 Å². The second kappa shape index (κ2) is 6.30. The van der Waals surface area contributed by atoms with E-state index in [1.165, 1.54) is 13.2 Å². The fraction of sp³-hybridized carbons (Fsp3) is 0.417. The van der Waals surface area contributed by atoms with E-state index >= 15 is 0 Å². The Morgan fingerprint density at radius 2 is 2.12 bits per heavy atom. The van der Waals surface area contributed by atoms with Crippen molar-refractivity contribution in [1.82, 2.24) is 5.32 Å². The van der Waals surface area contributed by atoms with Gasteiger partial charge in [0.05, 0.1) is 13.7 Å². The second-order valence-corrected chi connectivity index (χ2v) is 3.59. The van der Waals surface area contributed by atoms with Crippen LogP contribution in [0.1, 0.15) is 24.9 Å². The summed E-state index contributed by atoms with van der Waals surface area (Å²) in [5, 5.41) is 2.92. The van der Waals surface area contributed by atoms with Crippen LogP contribution in [0.25, 0.3) is 0 Å². The summed E-state index contributed by atoms with van der Waals surface area (Å²) in [4.78, 5) is 11.0. The zero-order chi connectivity index (χ0) is 12.8. The lowest BCUT2D eigenvalue weighted by atomic mass is 10.0. The lowest BCUT2D eigenvalue weighted by molar-refractivity contribution is -0.139. The summed E-state index contributed by atoms with van der Waals surface area (Å²) in [5.74, 6) is -2.16. The van der Waals surface area contributed by atoms with Crippen LogP contribution in [0, 0.1) is 11.6 Å². The van der Waals surface area contributed by atoms with Crippen LogP contribution < -0.4 is 5.32 Å². The third-order valence-corrected chi connectivity index (χ3v) is 2.47. The fourth-order valence-corrected chi connectivity index (χ4v) is 1.51. The van der Waals surface area contributed by atoms with Crippen molar-refractivity contribution in [1.29, 1.82) is 0 Å². The SMILES string of the molecule is CC[C@H](NCC(=O)OC)c1ccc(F)c(F)c1. The normalized spacial score (nSPS) is 12.2. The molecule has 0 saturated carbocycles. The number of nitrogens with one attached hydrogen (secondary N) is 1. The van der Waals surface area contributed by atoms with Crippen molar-refractivity contribution >= 4 is 5.97 Å². The standard InChI is InChI=1S/C12H15F2NO2/c1-3-11(15-7-12(16)17-2)8-4-5-9(13)10(14)6-8/h4-6,11,15H,3,7H2,1-2H3/t11-/m0/s1. The molecule has 1 N–H and O–H groups in total. The highest BCUT2D eigenvalue weighted by Crippen LogP contribution is 2.18. The minimum Gasteiger partial charge on any atom is -0.468 e. The van der Waals surface area contributed by atoms with Gasteiger partial charge in [-0.15, -0.1) is 0 Å². The third-order valence-electron chi connectivity index (χ3n) is 2.47. The lowest BCUT2D eigenvalue weighted by Gasteiger charge is -2.16. The third kappa shape index (κ3) is 3.78. The van der Waals surface area contributed by atoms with Crippen LogP contribution in [0.4, 0.5) is 8.78 Å². The molecule has 1 aromatic rings. The van der Waals surface area contributed by atoms with Crippen molar-refractivity contribution in [2.45, 2.75) is 19.4 Å². The number of carbonyl (C=O) groups excluding carboxylic acids is 1. The lowest BCUT2D eigenvalue weighted by Crippen LogP contribution is -2.28. The first-order valence-corrected chi connectivity index (χ1v) is 5.33. The van der Waals surface area contributed by atoms with E-state index in [1.54, 1.807) is 0 Å². The van der Waals surface area contributed by atoms with Crippen molar-refractivity contribution in [3.05, 3.63) is 35.4 Å². The van der Waals surface area contributed by atoms with E-state index in [1.807, 2.05) is 6.92 Å². The Morgan fingerprint density at radius 3 is 2.65 bits per heavy atom. The average molecular weight is 243 g/mol. The predicted molar refractivity (Wildman–Crippen MR) is 59.4 cm³/mol. The molecule has 0 unspecified atom stereocenters. The molecule has 5 heteroatoms. The molecule has 0 aliphatic heterocycles. The molecule has 3 nitrogen and oxygen atoms in total. The number of benzene rings is 1. The Morgan fingerprint density at radius 1 is 1.41 bits per heavy atom. The number of esters is 1. The quantitative estimate of drug-likeness (QED) is 0.805. The van der Waals surface area contributed by atoms with Crippen LogP contribution in [0.2, 0.25) is 0 Å². The molecule has 1 rings (SSSR count). The van der Waals surface area contributed by atoms with Crippen molar-refractivity contribution < 1.29 is 18.3 Å². The van der Waals surface area contributed by atoms with Gasteiger partial charge in [0.15, 0.2) is 11.6 Å². The molecular formula is C12H15F2NO2. The fourth-order valence-electron chi connectivity index (χ4n) is 1.51. The van der Waals surface area contributed by atoms with Gasteiger partial charge in [0.1, 0.15) is 0 Å². The molecule has 0 bridgehead atoms. The van der Waals surface area contributed by atoms with Gasteiger partial charge in [0.25, 0.3) is 0 Å². The highest BCUT2D eigenvalue weighted by Gasteiger charge is 2.13. The predicted octanol–water partition coefficient (Wildman–Crippen LogP) is 2.18. The Balaban J connectivity index is 2.72. The van der Waals surface area contributed by atoms with Gasteiger partial charge in [-0.25, -0.2) is 8.78 Å².